The van der Waals surface area contributed by atoms with E-state index in [9.17, 15) is 0 Å². The summed E-state index contributed by atoms with van der Waals surface area (Å²) in [6, 6.07) is 18.9. The molecule has 1 aliphatic rings. The Morgan fingerprint density at radius 3 is 2.38 bits per heavy atom. The molecule has 0 atom stereocenters. The summed E-state index contributed by atoms with van der Waals surface area (Å²) in [5.74, 6) is 0.954. The third-order valence-electron chi connectivity index (χ3n) is 5.91. The Labute approximate surface area is 175 Å². The van der Waals surface area contributed by atoms with Crippen molar-refractivity contribution in [1.82, 2.24) is 15.0 Å². The van der Waals surface area contributed by atoms with E-state index in [0.717, 1.165) is 44.4 Å². The lowest BCUT2D eigenvalue weighted by atomic mass is 10.1. The van der Waals surface area contributed by atoms with Crippen molar-refractivity contribution >= 4 is 28.6 Å². The lowest BCUT2D eigenvalue weighted by Crippen LogP contribution is -2.29. The van der Waals surface area contributed by atoms with Gasteiger partial charge in [0.1, 0.15) is 0 Å². The van der Waals surface area contributed by atoms with Crippen molar-refractivity contribution in [3.63, 3.8) is 0 Å². The average molecular weight is 403 g/mol. The van der Waals surface area contributed by atoms with Gasteiger partial charge in [-0.15, -0.1) is 0 Å². The molecule has 2 aromatic heterocycles. The lowest BCUT2D eigenvalue weighted by Gasteiger charge is -2.23. The molecule has 0 saturated heterocycles. The maximum absolute atomic E-state index is 5.98. The van der Waals surface area contributed by atoms with Gasteiger partial charge in [0.2, 0.25) is 5.95 Å². The number of aromatic amines is 1. The van der Waals surface area contributed by atoms with Crippen LogP contribution in [0.2, 0.25) is 5.02 Å². The number of fused-ring (bicyclic) bond motifs is 1. The molecule has 1 saturated carbocycles. The fourth-order valence-electron chi connectivity index (χ4n) is 4.16. The van der Waals surface area contributed by atoms with Crippen LogP contribution in [-0.4, -0.2) is 28.0 Å². The van der Waals surface area contributed by atoms with Gasteiger partial charge in [0.15, 0.2) is 0 Å². The Morgan fingerprint density at radius 1 is 0.931 bits per heavy atom. The van der Waals surface area contributed by atoms with Gasteiger partial charge in [-0.3, -0.25) is 4.98 Å². The zero-order valence-electron chi connectivity index (χ0n) is 16.4. The van der Waals surface area contributed by atoms with Crippen LogP contribution in [0.5, 0.6) is 0 Å². The first kappa shape index (κ1) is 18.2. The second-order valence-electron chi connectivity index (χ2n) is 7.78. The number of halogens is 1. The molecule has 1 aliphatic carbocycles. The summed E-state index contributed by atoms with van der Waals surface area (Å²) in [7, 11) is 2.14. The van der Waals surface area contributed by atoms with Crippen LogP contribution in [0.4, 0.5) is 5.95 Å². The minimum absolute atomic E-state index is 0.595. The Bertz CT molecular complexity index is 1130. The molecule has 4 nitrogen and oxygen atoms in total. The Balaban J connectivity index is 1.41. The molecular formula is C24H23ClN4. The molecule has 0 amide bonds. The number of aromatic nitrogens is 3. The summed E-state index contributed by atoms with van der Waals surface area (Å²) in [5.41, 5.74) is 6.24. The number of hydrogen-bond donors (Lipinski definition) is 1. The Morgan fingerprint density at radius 2 is 1.66 bits per heavy atom. The molecule has 5 heteroatoms. The third kappa shape index (κ3) is 3.60. The number of rotatable bonds is 4. The number of anilines is 1. The maximum Gasteiger partial charge on any atom is 0.203 e. The van der Waals surface area contributed by atoms with E-state index in [4.69, 9.17) is 16.6 Å². The van der Waals surface area contributed by atoms with E-state index in [1.165, 1.54) is 25.7 Å². The summed E-state index contributed by atoms with van der Waals surface area (Å²) in [4.78, 5) is 15.3. The van der Waals surface area contributed by atoms with E-state index in [0.29, 0.717) is 6.04 Å². The first-order valence-electron chi connectivity index (χ1n) is 10.1. The number of benzene rings is 2. The highest BCUT2D eigenvalue weighted by Gasteiger charge is 2.21. The lowest BCUT2D eigenvalue weighted by molar-refractivity contribution is 0.642. The van der Waals surface area contributed by atoms with Crippen LogP contribution in [0, 0.1) is 0 Å². The zero-order chi connectivity index (χ0) is 19.8. The van der Waals surface area contributed by atoms with Crippen molar-refractivity contribution in [3.05, 3.63) is 65.8 Å². The molecule has 2 heterocycles. The normalized spacial score (nSPS) is 14.6. The fraction of sp³-hybridized carbons (Fsp3) is 0.250. The zero-order valence-corrected chi connectivity index (χ0v) is 17.2. The van der Waals surface area contributed by atoms with Crippen molar-refractivity contribution in [1.29, 1.82) is 0 Å². The van der Waals surface area contributed by atoms with Gasteiger partial charge in [-0.25, -0.2) is 4.98 Å². The van der Waals surface area contributed by atoms with Gasteiger partial charge in [0, 0.05) is 35.4 Å². The Hall–Kier alpha value is -2.85. The first-order chi connectivity index (χ1) is 14.2. The molecule has 4 aromatic rings. The van der Waals surface area contributed by atoms with Crippen molar-refractivity contribution < 1.29 is 0 Å². The molecular weight excluding hydrogens is 380 g/mol. The van der Waals surface area contributed by atoms with E-state index < -0.39 is 0 Å². The number of pyridine rings is 1. The minimum atomic E-state index is 0.595. The van der Waals surface area contributed by atoms with Crippen LogP contribution < -0.4 is 4.90 Å². The van der Waals surface area contributed by atoms with Crippen molar-refractivity contribution in [3.8, 4) is 22.4 Å². The van der Waals surface area contributed by atoms with Gasteiger partial charge in [-0.1, -0.05) is 48.7 Å². The maximum atomic E-state index is 5.98. The summed E-state index contributed by atoms with van der Waals surface area (Å²) < 4.78 is 0. The monoisotopic (exact) mass is 402 g/mol. The Kier molecular flexibility index (Phi) is 4.72. The van der Waals surface area contributed by atoms with Crippen LogP contribution in [-0.2, 0) is 0 Å². The van der Waals surface area contributed by atoms with Gasteiger partial charge in [0.05, 0.1) is 16.7 Å². The number of H-pyrrole nitrogens is 1. The highest BCUT2D eigenvalue weighted by Crippen LogP contribution is 2.29. The van der Waals surface area contributed by atoms with E-state index in [2.05, 4.69) is 52.2 Å². The van der Waals surface area contributed by atoms with E-state index in [1.807, 2.05) is 30.5 Å². The molecule has 0 unspecified atom stereocenters. The van der Waals surface area contributed by atoms with E-state index >= 15 is 0 Å². The summed E-state index contributed by atoms with van der Waals surface area (Å²) in [5, 5.41) is 0.739. The summed E-state index contributed by atoms with van der Waals surface area (Å²) in [6.07, 6.45) is 7.05. The summed E-state index contributed by atoms with van der Waals surface area (Å²) in [6.45, 7) is 0. The average Bonchev–Trinajstić information content (AvgIpc) is 3.43. The minimum Gasteiger partial charge on any atom is -0.342 e. The molecule has 1 N–H and O–H groups in total. The number of nitrogens with one attached hydrogen (secondary N) is 1. The van der Waals surface area contributed by atoms with Gasteiger partial charge >= 0.3 is 0 Å². The van der Waals surface area contributed by atoms with Crippen molar-refractivity contribution in [2.75, 3.05) is 11.9 Å². The first-order valence-corrected chi connectivity index (χ1v) is 10.5. The highest BCUT2D eigenvalue weighted by atomic mass is 35.5. The molecule has 0 spiro atoms. The van der Waals surface area contributed by atoms with Gasteiger partial charge < -0.3 is 9.88 Å². The molecule has 5 rings (SSSR count). The van der Waals surface area contributed by atoms with E-state index in [-0.39, 0.29) is 0 Å². The molecule has 0 bridgehead atoms. The quantitative estimate of drug-likeness (QED) is 0.434. The van der Waals surface area contributed by atoms with Crippen LogP contribution >= 0.6 is 11.6 Å². The third-order valence-corrected chi connectivity index (χ3v) is 6.17. The fourth-order valence-corrected chi connectivity index (χ4v) is 4.29. The standard InChI is InChI=1S/C24H23ClN4/c1-29(20-4-2-3-5-20)24-27-22-13-8-17(14-23(22)28-24)21-12-9-18(15-26-21)16-6-10-19(25)11-7-16/h6-15,20H,2-5H2,1H3,(H,27,28). The van der Waals surface area contributed by atoms with Crippen LogP contribution in [0.15, 0.2) is 60.8 Å². The van der Waals surface area contributed by atoms with Gasteiger partial charge in [-0.05, 0) is 48.7 Å². The molecule has 0 radical (unpaired) electrons. The number of imidazole rings is 1. The second kappa shape index (κ2) is 7.53. The predicted octanol–water partition coefficient (Wildman–Crippen LogP) is 6.32. The van der Waals surface area contributed by atoms with Crippen molar-refractivity contribution in [2.45, 2.75) is 31.7 Å². The highest BCUT2D eigenvalue weighted by molar-refractivity contribution is 6.30. The molecule has 146 valence electrons. The number of hydrogen-bond acceptors (Lipinski definition) is 3. The topological polar surface area (TPSA) is 44.8 Å². The van der Waals surface area contributed by atoms with Crippen LogP contribution in [0.25, 0.3) is 33.4 Å². The summed E-state index contributed by atoms with van der Waals surface area (Å²) >= 11 is 5.98. The molecule has 1 fully saturated rings. The van der Waals surface area contributed by atoms with Crippen LogP contribution in [0.1, 0.15) is 25.7 Å². The molecule has 29 heavy (non-hydrogen) atoms. The smallest absolute Gasteiger partial charge is 0.203 e. The molecule has 2 aromatic carbocycles. The van der Waals surface area contributed by atoms with Crippen LogP contribution in [0.3, 0.4) is 0 Å². The van der Waals surface area contributed by atoms with Crippen molar-refractivity contribution in [2.24, 2.45) is 0 Å². The SMILES string of the molecule is CN(c1nc2cc(-c3ccc(-c4ccc(Cl)cc4)cn3)ccc2[nH]1)C1CCCC1. The second-order valence-corrected chi connectivity index (χ2v) is 8.22. The van der Waals surface area contributed by atoms with Gasteiger partial charge in [-0.2, -0.15) is 0 Å². The largest absolute Gasteiger partial charge is 0.342 e. The van der Waals surface area contributed by atoms with E-state index in [1.54, 1.807) is 0 Å². The predicted molar refractivity (Wildman–Crippen MR) is 120 cm³/mol. The molecule has 0 aliphatic heterocycles. The number of nitrogens with zero attached hydrogens (tertiary/aromatic N) is 3. The van der Waals surface area contributed by atoms with Gasteiger partial charge in [0.25, 0.3) is 0 Å².